The summed E-state index contributed by atoms with van der Waals surface area (Å²) in [5.74, 6) is 0. The molecule has 26 heavy (non-hydrogen) atoms. The number of thiophene rings is 1. The van der Waals surface area contributed by atoms with Crippen LogP contribution in [0, 0.1) is 0 Å². The Hall–Kier alpha value is -2.22. The molecule has 136 valence electrons. The zero-order valence-electron chi connectivity index (χ0n) is 15.3. The minimum atomic E-state index is -0.640. The zero-order valence-corrected chi connectivity index (χ0v) is 16.9. The van der Waals surface area contributed by atoms with Crippen LogP contribution in [0.15, 0.2) is 36.0 Å². The average Bonchev–Trinajstić information content (AvgIpc) is 3.23. The van der Waals surface area contributed by atoms with Crippen molar-refractivity contribution in [3.8, 4) is 10.7 Å². The van der Waals surface area contributed by atoms with Crippen molar-refractivity contribution >= 4 is 44.3 Å². The van der Waals surface area contributed by atoms with Crippen LogP contribution in [0.3, 0.4) is 0 Å². The first-order valence-electron chi connectivity index (χ1n) is 8.21. The maximum absolute atomic E-state index is 10.1. The largest absolute Gasteiger partial charge is 0.397 e. The molecule has 7 heteroatoms. The van der Waals surface area contributed by atoms with Crippen molar-refractivity contribution in [2.75, 3.05) is 12.8 Å². The third-order valence-corrected chi connectivity index (χ3v) is 6.31. The molecule has 0 amide bonds. The first-order valence-corrected chi connectivity index (χ1v) is 9.91. The van der Waals surface area contributed by atoms with Crippen molar-refractivity contribution in [1.29, 1.82) is 0 Å². The normalized spacial score (nSPS) is 13.2. The molecule has 3 aromatic rings. The molecule has 3 aromatic heterocycles. The van der Waals surface area contributed by atoms with Gasteiger partial charge in [-0.3, -0.25) is 0 Å². The summed E-state index contributed by atoms with van der Waals surface area (Å²) in [5, 5.41) is 13.7. The molecule has 0 saturated heterocycles. The Morgan fingerprint density at radius 3 is 2.73 bits per heavy atom. The van der Waals surface area contributed by atoms with Crippen LogP contribution in [-0.4, -0.2) is 27.0 Å². The van der Waals surface area contributed by atoms with Gasteiger partial charge in [-0.15, -0.1) is 22.7 Å². The number of fused-ring (bicyclic) bond motifs is 1. The van der Waals surface area contributed by atoms with Crippen LogP contribution in [0.1, 0.15) is 37.3 Å². The number of allylic oxidation sites excluding steroid dienone is 2. The number of rotatable bonds is 5. The molecular weight excluding hydrogens is 364 g/mol. The molecule has 0 spiro atoms. The zero-order chi connectivity index (χ0) is 19.0. The molecule has 3 N–H and O–H groups in total. The van der Waals surface area contributed by atoms with Gasteiger partial charge in [0, 0.05) is 41.0 Å². The molecule has 0 unspecified atom stereocenters. The van der Waals surface area contributed by atoms with E-state index in [1.807, 2.05) is 43.3 Å². The van der Waals surface area contributed by atoms with Crippen molar-refractivity contribution < 1.29 is 5.11 Å². The average molecular weight is 387 g/mol. The highest BCUT2D eigenvalue weighted by Crippen LogP contribution is 2.42. The van der Waals surface area contributed by atoms with E-state index in [9.17, 15) is 5.11 Å². The second kappa shape index (κ2) is 7.19. The number of aromatic nitrogens is 2. The van der Waals surface area contributed by atoms with Crippen LogP contribution in [0.5, 0.6) is 0 Å². The SMILES string of the molecule is C=C(C)N(C)/C(=C\C)c1cc(-c2nccs2)nc2sc([C@@H](C)O)c(N)c12. The van der Waals surface area contributed by atoms with Crippen LogP contribution in [-0.2, 0) is 0 Å². The van der Waals surface area contributed by atoms with Crippen LogP contribution in [0.4, 0.5) is 5.69 Å². The second-order valence-electron chi connectivity index (χ2n) is 6.10. The summed E-state index contributed by atoms with van der Waals surface area (Å²) in [7, 11) is 1.98. The van der Waals surface area contributed by atoms with Crippen molar-refractivity contribution in [1.82, 2.24) is 14.9 Å². The number of nitrogen functional groups attached to an aromatic ring is 1. The summed E-state index contributed by atoms with van der Waals surface area (Å²) in [6, 6.07) is 2.02. The first-order chi connectivity index (χ1) is 12.3. The fourth-order valence-electron chi connectivity index (χ4n) is 2.85. The van der Waals surface area contributed by atoms with Gasteiger partial charge in [-0.2, -0.15) is 0 Å². The Balaban J connectivity index is 2.36. The Kier molecular flexibility index (Phi) is 5.13. The quantitative estimate of drug-likeness (QED) is 0.653. The molecule has 3 rings (SSSR count). The number of nitrogens with two attached hydrogens (primary N) is 1. The number of nitrogens with zero attached hydrogens (tertiary/aromatic N) is 3. The number of hydrogen-bond donors (Lipinski definition) is 2. The van der Waals surface area contributed by atoms with E-state index >= 15 is 0 Å². The lowest BCUT2D eigenvalue weighted by atomic mass is 10.0. The van der Waals surface area contributed by atoms with Gasteiger partial charge in [-0.25, -0.2) is 9.97 Å². The standard InChI is InChI=1S/C19H22N4OS2/c1-6-14(23(5)10(2)3)12-9-13(18-21-7-8-25-18)22-19-15(12)16(20)17(26-19)11(4)24/h6-9,11,24H,2,20H2,1,3-5H3/b14-6-/t11-/m1/s1. The molecule has 0 aliphatic heterocycles. The second-order valence-corrected chi connectivity index (χ2v) is 8.02. The van der Waals surface area contributed by atoms with E-state index in [2.05, 4.69) is 11.6 Å². The van der Waals surface area contributed by atoms with E-state index in [-0.39, 0.29) is 0 Å². The molecule has 0 aromatic carbocycles. The highest BCUT2D eigenvalue weighted by Gasteiger charge is 2.22. The summed E-state index contributed by atoms with van der Waals surface area (Å²) >= 11 is 2.97. The van der Waals surface area contributed by atoms with Crippen molar-refractivity contribution in [3.63, 3.8) is 0 Å². The van der Waals surface area contributed by atoms with Gasteiger partial charge in [0.05, 0.1) is 16.7 Å². The molecule has 5 nitrogen and oxygen atoms in total. The van der Waals surface area contributed by atoms with E-state index in [1.54, 1.807) is 24.5 Å². The molecule has 0 bridgehead atoms. The Morgan fingerprint density at radius 2 is 2.19 bits per heavy atom. The van der Waals surface area contributed by atoms with E-state index in [4.69, 9.17) is 10.7 Å². The number of aliphatic hydroxyl groups excluding tert-OH is 1. The molecule has 0 fully saturated rings. The van der Waals surface area contributed by atoms with E-state index in [0.717, 1.165) is 42.8 Å². The Morgan fingerprint density at radius 1 is 1.46 bits per heavy atom. The lowest BCUT2D eigenvalue weighted by molar-refractivity contribution is 0.204. The number of thiazole rings is 1. The topological polar surface area (TPSA) is 75.3 Å². The number of hydrogen-bond acceptors (Lipinski definition) is 7. The van der Waals surface area contributed by atoms with Gasteiger partial charge >= 0.3 is 0 Å². The first kappa shape index (κ1) is 18.6. The van der Waals surface area contributed by atoms with Gasteiger partial charge in [0.25, 0.3) is 0 Å². The van der Waals surface area contributed by atoms with E-state index < -0.39 is 6.10 Å². The Labute approximate surface area is 161 Å². The van der Waals surface area contributed by atoms with Gasteiger partial charge in [0.1, 0.15) is 15.5 Å². The van der Waals surface area contributed by atoms with Gasteiger partial charge in [-0.05, 0) is 26.8 Å². The molecule has 0 aliphatic rings. The lowest BCUT2D eigenvalue weighted by Gasteiger charge is -2.24. The van der Waals surface area contributed by atoms with Crippen molar-refractivity contribution in [2.24, 2.45) is 0 Å². The maximum Gasteiger partial charge on any atom is 0.141 e. The summed E-state index contributed by atoms with van der Waals surface area (Å²) in [4.78, 5) is 12.7. The molecule has 0 radical (unpaired) electrons. The van der Waals surface area contributed by atoms with Gasteiger partial charge in [0.2, 0.25) is 0 Å². The highest BCUT2D eigenvalue weighted by atomic mass is 32.1. The van der Waals surface area contributed by atoms with Crippen LogP contribution >= 0.6 is 22.7 Å². The molecule has 0 saturated carbocycles. The molecule has 3 heterocycles. The summed E-state index contributed by atoms with van der Waals surface area (Å²) in [6.45, 7) is 9.72. The van der Waals surface area contributed by atoms with Crippen LogP contribution in [0.2, 0.25) is 0 Å². The fraction of sp³-hybridized carbons (Fsp3) is 0.263. The van der Waals surface area contributed by atoms with Crippen molar-refractivity contribution in [2.45, 2.75) is 26.9 Å². The van der Waals surface area contributed by atoms with Crippen molar-refractivity contribution in [3.05, 3.63) is 46.4 Å². The smallest absolute Gasteiger partial charge is 0.141 e. The number of aliphatic hydroxyl groups is 1. The summed E-state index contributed by atoms with van der Waals surface area (Å²) < 4.78 is 0. The molecular formula is C19H22N4OS2. The molecule has 0 aliphatic carbocycles. The summed E-state index contributed by atoms with van der Waals surface area (Å²) in [6.07, 6.45) is 3.17. The fourth-order valence-corrected chi connectivity index (χ4v) is 4.50. The Bertz CT molecular complexity index is 987. The maximum atomic E-state index is 10.1. The lowest BCUT2D eigenvalue weighted by Crippen LogP contribution is -2.14. The van der Waals surface area contributed by atoms with Crippen LogP contribution < -0.4 is 5.73 Å². The summed E-state index contributed by atoms with van der Waals surface area (Å²) in [5.41, 5.74) is 10.7. The van der Waals surface area contributed by atoms with Gasteiger partial charge < -0.3 is 15.7 Å². The minimum absolute atomic E-state index is 0.586. The van der Waals surface area contributed by atoms with E-state index in [0.29, 0.717) is 5.69 Å². The van der Waals surface area contributed by atoms with E-state index in [1.165, 1.54) is 11.3 Å². The predicted octanol–water partition coefficient (Wildman–Crippen LogP) is 4.88. The van der Waals surface area contributed by atoms with Crippen LogP contribution in [0.25, 0.3) is 26.6 Å². The van der Waals surface area contributed by atoms with Gasteiger partial charge in [-0.1, -0.05) is 12.7 Å². The monoisotopic (exact) mass is 386 g/mol. The third kappa shape index (κ3) is 3.13. The number of anilines is 1. The van der Waals surface area contributed by atoms with Gasteiger partial charge in [0.15, 0.2) is 0 Å². The minimum Gasteiger partial charge on any atom is -0.397 e. The third-order valence-electron chi connectivity index (χ3n) is 4.24. The highest BCUT2D eigenvalue weighted by molar-refractivity contribution is 7.19. The number of pyridine rings is 1. The predicted molar refractivity (Wildman–Crippen MR) is 112 cm³/mol. The molecule has 1 atom stereocenters.